The molecule has 90 valence electrons. The Kier molecular flexibility index (Phi) is 3.17. The average Bonchev–Trinajstić information content (AvgIpc) is 2.72. The van der Waals surface area contributed by atoms with Crippen LogP contribution in [-0.2, 0) is 16.0 Å². The third kappa shape index (κ3) is 2.32. The molecular weight excluding hydrogens is 224 g/mol. The predicted molar refractivity (Wildman–Crippen MR) is 57.7 cm³/mol. The zero-order valence-electron chi connectivity index (χ0n) is 9.58. The summed E-state index contributed by atoms with van der Waals surface area (Å²) in [5.74, 6) is 0.506. The monoisotopic (exact) mass is 236 g/mol. The first-order chi connectivity index (χ1) is 8.24. The van der Waals surface area contributed by atoms with Crippen LogP contribution in [0.3, 0.4) is 0 Å². The molecule has 0 bridgehead atoms. The summed E-state index contributed by atoms with van der Waals surface area (Å²) in [6.45, 7) is 2.09. The lowest BCUT2D eigenvalue weighted by atomic mass is 10.4. The average molecular weight is 236 g/mol. The van der Waals surface area contributed by atoms with Gasteiger partial charge in [-0.15, -0.1) is 15.3 Å². The van der Waals surface area contributed by atoms with E-state index in [9.17, 15) is 4.79 Å². The summed E-state index contributed by atoms with van der Waals surface area (Å²) in [5.41, 5.74) is 0.560. The van der Waals surface area contributed by atoms with Crippen LogP contribution in [0.25, 0.3) is 5.65 Å². The van der Waals surface area contributed by atoms with Crippen LogP contribution in [0, 0.1) is 0 Å². The molecule has 0 N–H and O–H groups in total. The van der Waals surface area contributed by atoms with Gasteiger partial charge in [0.2, 0.25) is 5.88 Å². The van der Waals surface area contributed by atoms with Crippen LogP contribution in [0.15, 0.2) is 12.1 Å². The van der Waals surface area contributed by atoms with E-state index in [-0.39, 0.29) is 12.4 Å². The zero-order valence-corrected chi connectivity index (χ0v) is 9.58. The number of carbonyl (C=O) groups excluding carboxylic acids is 1. The van der Waals surface area contributed by atoms with Crippen LogP contribution in [0.2, 0.25) is 0 Å². The molecule has 0 atom stereocenters. The second kappa shape index (κ2) is 4.77. The molecule has 7 nitrogen and oxygen atoms in total. The van der Waals surface area contributed by atoms with Gasteiger partial charge in [-0.05, 0) is 13.0 Å². The Morgan fingerprint density at radius 1 is 1.41 bits per heavy atom. The SMILES string of the molecule is CCOC(=O)Cc1nnc2ccc(OC)nn12. The highest BCUT2D eigenvalue weighted by Gasteiger charge is 2.12. The highest BCUT2D eigenvalue weighted by molar-refractivity contribution is 5.71. The first kappa shape index (κ1) is 11.3. The molecule has 0 aromatic carbocycles. The lowest BCUT2D eigenvalue weighted by Crippen LogP contribution is -2.11. The van der Waals surface area contributed by atoms with E-state index in [1.54, 1.807) is 19.1 Å². The van der Waals surface area contributed by atoms with E-state index in [0.29, 0.717) is 24.0 Å². The Morgan fingerprint density at radius 3 is 2.94 bits per heavy atom. The van der Waals surface area contributed by atoms with Crippen molar-refractivity contribution in [2.24, 2.45) is 0 Å². The van der Waals surface area contributed by atoms with Gasteiger partial charge in [-0.25, -0.2) is 0 Å². The van der Waals surface area contributed by atoms with E-state index in [2.05, 4.69) is 15.3 Å². The summed E-state index contributed by atoms with van der Waals surface area (Å²) in [4.78, 5) is 11.3. The van der Waals surface area contributed by atoms with E-state index in [4.69, 9.17) is 9.47 Å². The van der Waals surface area contributed by atoms with E-state index >= 15 is 0 Å². The molecule has 0 saturated carbocycles. The maximum Gasteiger partial charge on any atom is 0.313 e. The van der Waals surface area contributed by atoms with Gasteiger partial charge in [-0.2, -0.15) is 4.52 Å². The first-order valence-electron chi connectivity index (χ1n) is 5.15. The highest BCUT2D eigenvalue weighted by atomic mass is 16.5. The molecular formula is C10H12N4O3. The Morgan fingerprint density at radius 2 is 2.24 bits per heavy atom. The van der Waals surface area contributed by atoms with Gasteiger partial charge in [0.15, 0.2) is 11.5 Å². The molecule has 0 radical (unpaired) electrons. The van der Waals surface area contributed by atoms with Crippen LogP contribution in [0.5, 0.6) is 5.88 Å². The summed E-state index contributed by atoms with van der Waals surface area (Å²) >= 11 is 0. The molecule has 17 heavy (non-hydrogen) atoms. The van der Waals surface area contributed by atoms with Gasteiger partial charge in [0.25, 0.3) is 0 Å². The molecule has 0 spiro atoms. The van der Waals surface area contributed by atoms with E-state index in [1.165, 1.54) is 11.6 Å². The van der Waals surface area contributed by atoms with Crippen molar-refractivity contribution in [3.8, 4) is 5.88 Å². The minimum absolute atomic E-state index is 0.0369. The topological polar surface area (TPSA) is 78.6 Å². The number of rotatable bonds is 4. The highest BCUT2D eigenvalue weighted by Crippen LogP contribution is 2.09. The van der Waals surface area contributed by atoms with E-state index < -0.39 is 0 Å². The van der Waals surface area contributed by atoms with Crippen molar-refractivity contribution in [3.63, 3.8) is 0 Å². The smallest absolute Gasteiger partial charge is 0.313 e. The number of hydrogen-bond donors (Lipinski definition) is 0. The standard InChI is InChI=1S/C10H12N4O3/c1-3-17-10(15)6-8-12-11-7-4-5-9(16-2)13-14(7)8/h4-5H,3,6H2,1-2H3. The number of methoxy groups -OCH3 is 1. The zero-order chi connectivity index (χ0) is 12.3. The number of hydrogen-bond acceptors (Lipinski definition) is 6. The van der Waals surface area contributed by atoms with Gasteiger partial charge in [-0.3, -0.25) is 4.79 Å². The molecule has 0 fully saturated rings. The second-order valence-corrected chi connectivity index (χ2v) is 3.24. The van der Waals surface area contributed by atoms with Gasteiger partial charge >= 0.3 is 5.97 Å². The van der Waals surface area contributed by atoms with Crippen LogP contribution < -0.4 is 4.74 Å². The number of esters is 1. The van der Waals surface area contributed by atoms with Crippen molar-refractivity contribution in [2.75, 3.05) is 13.7 Å². The minimum atomic E-state index is -0.355. The van der Waals surface area contributed by atoms with Crippen molar-refractivity contribution >= 4 is 11.6 Å². The lowest BCUT2D eigenvalue weighted by molar-refractivity contribution is -0.142. The fourth-order valence-electron chi connectivity index (χ4n) is 1.38. The van der Waals surface area contributed by atoms with Crippen LogP contribution in [-0.4, -0.2) is 39.5 Å². The van der Waals surface area contributed by atoms with Gasteiger partial charge in [0.05, 0.1) is 13.7 Å². The van der Waals surface area contributed by atoms with Crippen molar-refractivity contribution in [1.82, 2.24) is 19.8 Å². The summed E-state index contributed by atoms with van der Waals surface area (Å²) in [6.07, 6.45) is 0.0369. The Hall–Kier alpha value is -2.18. The largest absolute Gasteiger partial charge is 0.480 e. The number of nitrogens with zero attached hydrogens (tertiary/aromatic N) is 4. The molecule has 2 aromatic heterocycles. The van der Waals surface area contributed by atoms with Crippen molar-refractivity contribution in [1.29, 1.82) is 0 Å². The molecule has 2 rings (SSSR count). The van der Waals surface area contributed by atoms with E-state index in [1.807, 2.05) is 0 Å². The quantitative estimate of drug-likeness (QED) is 0.707. The van der Waals surface area contributed by atoms with Gasteiger partial charge in [-0.1, -0.05) is 0 Å². The maximum atomic E-state index is 11.3. The second-order valence-electron chi connectivity index (χ2n) is 3.24. The molecule has 2 aromatic rings. The predicted octanol–water partition coefficient (Wildman–Crippen LogP) is 0.238. The third-order valence-electron chi connectivity index (χ3n) is 2.12. The Labute approximate surface area is 97.4 Å². The molecule has 7 heteroatoms. The van der Waals surface area contributed by atoms with Crippen molar-refractivity contribution < 1.29 is 14.3 Å². The fraction of sp³-hybridized carbons (Fsp3) is 0.400. The summed E-state index contributed by atoms with van der Waals surface area (Å²) in [7, 11) is 1.52. The van der Waals surface area contributed by atoms with Crippen LogP contribution in [0.1, 0.15) is 12.7 Å². The maximum absolute atomic E-state index is 11.3. The minimum Gasteiger partial charge on any atom is -0.480 e. The number of fused-ring (bicyclic) bond motifs is 1. The van der Waals surface area contributed by atoms with Gasteiger partial charge < -0.3 is 9.47 Å². The third-order valence-corrected chi connectivity index (χ3v) is 2.12. The molecule has 0 aliphatic heterocycles. The number of carbonyl (C=O) groups is 1. The van der Waals surface area contributed by atoms with Crippen molar-refractivity contribution in [2.45, 2.75) is 13.3 Å². The Bertz CT molecular complexity index is 537. The number of ether oxygens (including phenoxy) is 2. The molecule has 0 saturated heterocycles. The molecule has 0 aliphatic rings. The number of aromatic nitrogens is 4. The normalized spacial score (nSPS) is 10.5. The van der Waals surface area contributed by atoms with Crippen molar-refractivity contribution in [3.05, 3.63) is 18.0 Å². The molecule has 2 heterocycles. The molecule has 0 unspecified atom stereocenters. The molecule has 0 aliphatic carbocycles. The van der Waals surface area contributed by atoms with Gasteiger partial charge in [0, 0.05) is 6.07 Å². The first-order valence-corrected chi connectivity index (χ1v) is 5.15. The van der Waals surface area contributed by atoms with Crippen LogP contribution in [0.4, 0.5) is 0 Å². The van der Waals surface area contributed by atoms with Gasteiger partial charge in [0.1, 0.15) is 6.42 Å². The summed E-state index contributed by atoms with van der Waals surface area (Å²) < 4.78 is 11.3. The van der Waals surface area contributed by atoms with Crippen LogP contribution >= 0.6 is 0 Å². The summed E-state index contributed by atoms with van der Waals surface area (Å²) in [6, 6.07) is 3.39. The fourth-order valence-corrected chi connectivity index (χ4v) is 1.38. The lowest BCUT2D eigenvalue weighted by Gasteiger charge is -2.01. The molecule has 0 amide bonds. The summed E-state index contributed by atoms with van der Waals surface area (Å²) in [5, 5.41) is 11.9. The van der Waals surface area contributed by atoms with E-state index in [0.717, 1.165) is 0 Å². The Balaban J connectivity index is 2.30.